The van der Waals surface area contributed by atoms with E-state index >= 15 is 0 Å². The van der Waals surface area contributed by atoms with Crippen LogP contribution in [0.15, 0.2) is 60.7 Å². The quantitative estimate of drug-likeness (QED) is 0.907. The molecule has 2 aromatic rings. The van der Waals surface area contributed by atoms with Gasteiger partial charge in [-0.3, -0.25) is 0 Å². The zero-order valence-corrected chi connectivity index (χ0v) is 13.3. The van der Waals surface area contributed by atoms with Crippen LogP contribution in [0.2, 0.25) is 0 Å². The first-order chi connectivity index (χ1) is 9.98. The van der Waals surface area contributed by atoms with Gasteiger partial charge in [-0.25, -0.2) is 0 Å². The third kappa shape index (κ3) is 3.02. The van der Waals surface area contributed by atoms with Crippen molar-refractivity contribution in [1.29, 1.82) is 0 Å². The molecule has 2 aromatic carbocycles. The van der Waals surface area contributed by atoms with Crippen LogP contribution < -0.4 is 0 Å². The van der Waals surface area contributed by atoms with Crippen molar-refractivity contribution in [3.05, 3.63) is 71.8 Å². The lowest BCUT2D eigenvalue weighted by Crippen LogP contribution is -2.51. The Morgan fingerprint density at radius 2 is 1.19 bits per heavy atom. The molecule has 2 heteroatoms. The van der Waals surface area contributed by atoms with Gasteiger partial charge in [-0.2, -0.15) is 0 Å². The molecule has 1 atom stereocenters. The van der Waals surface area contributed by atoms with E-state index in [0.29, 0.717) is 5.92 Å². The molecular weight excluding hydrogens is 258 g/mol. The zero-order valence-electron chi connectivity index (χ0n) is 13.3. The summed E-state index contributed by atoms with van der Waals surface area (Å²) in [6.07, 6.45) is 0. The van der Waals surface area contributed by atoms with Crippen LogP contribution in [0, 0.1) is 5.92 Å². The van der Waals surface area contributed by atoms with E-state index in [1.807, 2.05) is 74.8 Å². The van der Waals surface area contributed by atoms with Crippen molar-refractivity contribution in [3.63, 3.8) is 0 Å². The highest BCUT2D eigenvalue weighted by Gasteiger charge is 2.42. The lowest BCUT2D eigenvalue weighted by Gasteiger charge is -2.43. The molecule has 2 rings (SSSR count). The summed E-state index contributed by atoms with van der Waals surface area (Å²) >= 11 is 0. The first kappa shape index (κ1) is 15.7. The van der Waals surface area contributed by atoms with E-state index in [4.69, 9.17) is 0 Å². The summed E-state index contributed by atoms with van der Waals surface area (Å²) in [6, 6.07) is 19.9. The minimum Gasteiger partial charge on any atom is -0.379 e. The van der Waals surface area contributed by atoms with Gasteiger partial charge in [0.2, 0.25) is 0 Å². The Kier molecular flexibility index (Phi) is 4.81. The molecule has 0 saturated carbocycles. The predicted molar refractivity (Wildman–Crippen MR) is 88.2 cm³/mol. The predicted octanol–water partition coefficient (Wildman–Crippen LogP) is 3.51. The van der Waals surface area contributed by atoms with Gasteiger partial charge < -0.3 is 10.0 Å². The third-order valence-electron chi connectivity index (χ3n) is 4.04. The van der Waals surface area contributed by atoms with E-state index in [2.05, 4.69) is 18.7 Å². The maximum atomic E-state index is 11.7. The van der Waals surface area contributed by atoms with E-state index in [1.165, 1.54) is 0 Å². The first-order valence-electron chi connectivity index (χ1n) is 7.47. The van der Waals surface area contributed by atoms with E-state index in [0.717, 1.165) is 11.1 Å². The van der Waals surface area contributed by atoms with Crippen molar-refractivity contribution in [2.24, 2.45) is 5.92 Å². The smallest absolute Gasteiger partial charge is 0.130 e. The number of hydrogen-bond donors (Lipinski definition) is 1. The number of aliphatic hydroxyl groups is 1. The highest BCUT2D eigenvalue weighted by molar-refractivity contribution is 5.38. The van der Waals surface area contributed by atoms with Gasteiger partial charge >= 0.3 is 0 Å². The summed E-state index contributed by atoms with van der Waals surface area (Å²) in [5, 5.41) is 11.7. The van der Waals surface area contributed by atoms with Crippen molar-refractivity contribution in [2.45, 2.75) is 25.5 Å². The highest BCUT2D eigenvalue weighted by Crippen LogP contribution is 2.37. The van der Waals surface area contributed by atoms with Crippen molar-refractivity contribution < 1.29 is 5.11 Å². The second-order valence-electron chi connectivity index (χ2n) is 6.15. The molecule has 21 heavy (non-hydrogen) atoms. The summed E-state index contributed by atoms with van der Waals surface area (Å²) < 4.78 is 0. The molecule has 2 nitrogen and oxygen atoms in total. The molecule has 0 bridgehead atoms. The van der Waals surface area contributed by atoms with Crippen LogP contribution >= 0.6 is 0 Å². The first-order valence-corrected chi connectivity index (χ1v) is 7.47. The molecule has 0 spiro atoms. The molecule has 1 N–H and O–H groups in total. The summed E-state index contributed by atoms with van der Waals surface area (Å²) in [5.74, 6) is 0.311. The van der Waals surface area contributed by atoms with Crippen LogP contribution in [-0.2, 0) is 5.60 Å². The van der Waals surface area contributed by atoms with Gasteiger partial charge in [0.05, 0.1) is 0 Å². The van der Waals surface area contributed by atoms with Crippen molar-refractivity contribution >= 4 is 0 Å². The Hall–Kier alpha value is -1.64. The van der Waals surface area contributed by atoms with Gasteiger partial charge in [0.25, 0.3) is 0 Å². The normalized spacial score (nSPS) is 13.7. The summed E-state index contributed by atoms with van der Waals surface area (Å²) in [7, 11) is 4.06. The second-order valence-corrected chi connectivity index (χ2v) is 6.15. The molecular formula is C19H25NO. The van der Waals surface area contributed by atoms with Gasteiger partial charge in [0.15, 0.2) is 0 Å². The van der Waals surface area contributed by atoms with E-state index < -0.39 is 5.60 Å². The summed E-state index contributed by atoms with van der Waals surface area (Å²) in [6.45, 7) is 4.31. The molecule has 0 aliphatic carbocycles. The average molecular weight is 283 g/mol. The summed E-state index contributed by atoms with van der Waals surface area (Å²) in [5.41, 5.74) is 0.840. The maximum absolute atomic E-state index is 11.7. The molecule has 0 saturated heterocycles. The minimum atomic E-state index is -1.03. The van der Waals surface area contributed by atoms with Gasteiger partial charge in [-0.05, 0) is 31.1 Å². The topological polar surface area (TPSA) is 23.5 Å². The van der Waals surface area contributed by atoms with Crippen molar-refractivity contribution in [3.8, 4) is 0 Å². The SMILES string of the molecule is CC(C)[C@H](N(C)C)C(O)(c1ccccc1)c1ccccc1. The van der Waals surface area contributed by atoms with Gasteiger partial charge in [0, 0.05) is 6.04 Å². The molecule has 0 radical (unpaired) electrons. The van der Waals surface area contributed by atoms with Crippen LogP contribution in [0.4, 0.5) is 0 Å². The van der Waals surface area contributed by atoms with Gasteiger partial charge in [0.1, 0.15) is 5.60 Å². The van der Waals surface area contributed by atoms with E-state index in [1.54, 1.807) is 0 Å². The largest absolute Gasteiger partial charge is 0.379 e. The molecule has 0 heterocycles. The zero-order chi connectivity index (χ0) is 15.5. The number of hydrogen-bond acceptors (Lipinski definition) is 2. The molecule has 112 valence electrons. The minimum absolute atomic E-state index is 0.0118. The molecule has 0 aliphatic heterocycles. The number of nitrogens with zero attached hydrogens (tertiary/aromatic N) is 1. The lowest BCUT2D eigenvalue weighted by atomic mass is 9.75. The Morgan fingerprint density at radius 1 is 0.810 bits per heavy atom. The fourth-order valence-corrected chi connectivity index (χ4v) is 3.35. The van der Waals surface area contributed by atoms with Gasteiger partial charge in [-0.1, -0.05) is 74.5 Å². The maximum Gasteiger partial charge on any atom is 0.130 e. The van der Waals surface area contributed by atoms with Crippen LogP contribution in [-0.4, -0.2) is 30.1 Å². The number of likely N-dealkylation sites (N-methyl/N-ethyl adjacent to an activating group) is 1. The second kappa shape index (κ2) is 6.42. The van der Waals surface area contributed by atoms with Crippen molar-refractivity contribution in [1.82, 2.24) is 4.90 Å². The van der Waals surface area contributed by atoms with Crippen LogP contribution in [0.3, 0.4) is 0 Å². The molecule has 0 aromatic heterocycles. The lowest BCUT2D eigenvalue weighted by molar-refractivity contribution is -0.0237. The van der Waals surface area contributed by atoms with Crippen LogP contribution in [0.25, 0.3) is 0 Å². The fraction of sp³-hybridized carbons (Fsp3) is 0.368. The Labute approximate surface area is 128 Å². The molecule has 0 aliphatic rings. The number of benzene rings is 2. The average Bonchev–Trinajstić information content (AvgIpc) is 2.48. The third-order valence-corrected chi connectivity index (χ3v) is 4.04. The molecule has 0 unspecified atom stereocenters. The Bertz CT molecular complexity index is 501. The van der Waals surface area contributed by atoms with Crippen LogP contribution in [0.5, 0.6) is 0 Å². The molecule has 0 fully saturated rings. The Morgan fingerprint density at radius 3 is 1.48 bits per heavy atom. The summed E-state index contributed by atoms with van der Waals surface area (Å²) in [4.78, 5) is 2.12. The van der Waals surface area contributed by atoms with Crippen molar-refractivity contribution in [2.75, 3.05) is 14.1 Å². The Balaban J connectivity index is 2.65. The van der Waals surface area contributed by atoms with E-state index in [9.17, 15) is 5.11 Å². The monoisotopic (exact) mass is 283 g/mol. The highest BCUT2D eigenvalue weighted by atomic mass is 16.3. The van der Waals surface area contributed by atoms with Gasteiger partial charge in [-0.15, -0.1) is 0 Å². The standard InChI is InChI=1S/C19H25NO/c1-15(2)18(20(3)4)19(21,16-11-7-5-8-12-16)17-13-9-6-10-14-17/h5-15,18,21H,1-4H3/t18-/m0/s1. The number of rotatable bonds is 5. The molecule has 0 amide bonds. The van der Waals surface area contributed by atoms with E-state index in [-0.39, 0.29) is 6.04 Å². The fourth-order valence-electron chi connectivity index (χ4n) is 3.35. The van der Waals surface area contributed by atoms with Crippen LogP contribution in [0.1, 0.15) is 25.0 Å².